The van der Waals surface area contributed by atoms with Gasteiger partial charge in [-0.3, -0.25) is 9.36 Å². The molecular weight excluding hydrogens is 852 g/mol. The van der Waals surface area contributed by atoms with Crippen LogP contribution in [0, 0.1) is 0 Å². The molecule has 67 heavy (non-hydrogen) atoms. The molecule has 0 saturated carbocycles. The van der Waals surface area contributed by atoms with Crippen molar-refractivity contribution >= 4 is 13.7 Å². The Morgan fingerprint density at radius 2 is 0.910 bits per heavy atom. The minimum Gasteiger partial charge on any atom is -0.756 e. The number of allylic oxidation sites excluding steroid dienone is 8. The first kappa shape index (κ1) is 65.5. The second-order valence-corrected chi connectivity index (χ2v) is 22.0. The molecule has 0 rings (SSSR count). The molecule has 3 unspecified atom stereocenters. The quantitative estimate of drug-likeness (QED) is 0.0272. The molecule has 9 heteroatoms. The van der Waals surface area contributed by atoms with Crippen molar-refractivity contribution in [2.45, 2.75) is 276 Å². The second kappa shape index (κ2) is 49.4. The number of likely N-dealkylation sites (N-methyl/N-ethyl adjacent to an activating group) is 1. The lowest BCUT2D eigenvalue weighted by Crippen LogP contribution is -2.46. The number of aliphatic hydroxyl groups is 1. The summed E-state index contributed by atoms with van der Waals surface area (Å²) in [6.07, 6.45) is 65.4. The molecule has 0 aliphatic heterocycles. The van der Waals surface area contributed by atoms with E-state index in [0.717, 1.165) is 70.6 Å². The van der Waals surface area contributed by atoms with Crippen molar-refractivity contribution in [3.63, 3.8) is 0 Å². The monoisotopic (exact) mass is 963 g/mol. The van der Waals surface area contributed by atoms with Crippen LogP contribution in [-0.4, -0.2) is 68.5 Å². The minimum atomic E-state index is -4.55. The Kier molecular flexibility index (Phi) is 48.3. The van der Waals surface area contributed by atoms with Crippen molar-refractivity contribution in [1.82, 2.24) is 5.32 Å². The van der Waals surface area contributed by atoms with Gasteiger partial charge in [0.25, 0.3) is 7.82 Å². The van der Waals surface area contributed by atoms with Crippen molar-refractivity contribution in [2.24, 2.45) is 0 Å². The number of rotatable bonds is 52. The highest BCUT2D eigenvalue weighted by molar-refractivity contribution is 7.45. The topological polar surface area (TPSA) is 108 Å². The summed E-state index contributed by atoms with van der Waals surface area (Å²) in [5.41, 5.74) is 0. The third kappa shape index (κ3) is 52.1. The lowest BCUT2D eigenvalue weighted by atomic mass is 10.0. The van der Waals surface area contributed by atoms with Gasteiger partial charge in [-0.2, -0.15) is 0 Å². The Balaban J connectivity index is 3.60. The molecule has 0 aromatic carbocycles. The molecule has 0 aromatic rings. The normalized spacial score (nSPS) is 14.3. The molecule has 1 amide bonds. The largest absolute Gasteiger partial charge is 0.756 e. The Morgan fingerprint density at radius 1 is 0.537 bits per heavy atom. The number of nitrogens with zero attached hydrogens (tertiary/aromatic N) is 1. The number of phosphoric ester groups is 1. The number of hydrogen-bond donors (Lipinski definition) is 2. The predicted octanol–water partition coefficient (Wildman–Crippen LogP) is 16.5. The van der Waals surface area contributed by atoms with Crippen molar-refractivity contribution in [2.75, 3.05) is 40.9 Å². The average molecular weight is 964 g/mol. The molecule has 8 nitrogen and oxygen atoms in total. The van der Waals surface area contributed by atoms with Crippen LogP contribution < -0.4 is 10.2 Å². The first-order chi connectivity index (χ1) is 32.5. The Hall–Kier alpha value is -1.54. The van der Waals surface area contributed by atoms with Crippen molar-refractivity contribution in [3.05, 3.63) is 48.6 Å². The first-order valence-corrected chi connectivity index (χ1v) is 29.9. The molecule has 0 aliphatic rings. The van der Waals surface area contributed by atoms with E-state index in [4.69, 9.17) is 9.05 Å². The summed E-state index contributed by atoms with van der Waals surface area (Å²) in [6.45, 7) is 4.49. The van der Waals surface area contributed by atoms with Gasteiger partial charge in [0.2, 0.25) is 5.91 Å². The van der Waals surface area contributed by atoms with Crippen LogP contribution in [0.5, 0.6) is 0 Å². The summed E-state index contributed by atoms with van der Waals surface area (Å²) in [5.74, 6) is -0.170. The van der Waals surface area contributed by atoms with Gasteiger partial charge in [0.15, 0.2) is 0 Å². The number of amides is 1. The summed E-state index contributed by atoms with van der Waals surface area (Å²) < 4.78 is 23.1. The van der Waals surface area contributed by atoms with Gasteiger partial charge < -0.3 is 28.8 Å². The third-order valence-electron chi connectivity index (χ3n) is 12.8. The third-order valence-corrected chi connectivity index (χ3v) is 13.8. The van der Waals surface area contributed by atoms with Crippen LogP contribution in [0.2, 0.25) is 0 Å². The maximum atomic E-state index is 12.8. The van der Waals surface area contributed by atoms with Gasteiger partial charge in [0, 0.05) is 6.42 Å². The molecular formula is C58H111N2O6P. The van der Waals surface area contributed by atoms with Gasteiger partial charge in [-0.15, -0.1) is 0 Å². The highest BCUT2D eigenvalue weighted by Crippen LogP contribution is 2.38. The second-order valence-electron chi connectivity index (χ2n) is 20.6. The number of nitrogens with one attached hydrogen (secondary N) is 1. The fourth-order valence-electron chi connectivity index (χ4n) is 8.39. The number of phosphoric acid groups is 1. The summed E-state index contributed by atoms with van der Waals surface area (Å²) in [5, 5.41) is 13.7. The van der Waals surface area contributed by atoms with Gasteiger partial charge >= 0.3 is 0 Å². The first-order valence-electron chi connectivity index (χ1n) is 28.5. The summed E-state index contributed by atoms with van der Waals surface area (Å²) >= 11 is 0. The molecule has 394 valence electrons. The zero-order valence-corrected chi connectivity index (χ0v) is 45.7. The van der Waals surface area contributed by atoms with E-state index in [1.54, 1.807) is 0 Å². The summed E-state index contributed by atoms with van der Waals surface area (Å²) in [6, 6.07) is -0.793. The van der Waals surface area contributed by atoms with Crippen molar-refractivity contribution in [1.29, 1.82) is 0 Å². The maximum Gasteiger partial charge on any atom is 0.268 e. The number of unbranched alkanes of at least 4 members (excludes halogenated alkanes) is 31. The Labute approximate surface area is 416 Å². The van der Waals surface area contributed by atoms with Gasteiger partial charge in [0.05, 0.1) is 39.9 Å². The number of carbonyl (C=O) groups excluding carboxylic acids is 1. The van der Waals surface area contributed by atoms with Crippen molar-refractivity contribution < 1.29 is 32.9 Å². The molecule has 0 bridgehead atoms. The number of carbonyl (C=O) groups is 1. The van der Waals surface area contributed by atoms with E-state index in [0.29, 0.717) is 23.9 Å². The van der Waals surface area contributed by atoms with E-state index >= 15 is 0 Å². The molecule has 0 heterocycles. The van der Waals surface area contributed by atoms with E-state index in [2.05, 4.69) is 67.8 Å². The van der Waals surface area contributed by atoms with Crippen LogP contribution in [0.25, 0.3) is 0 Å². The standard InChI is InChI=1S/C58H111N2O6P/c1-6-8-10-12-13-14-15-16-17-18-19-20-21-22-23-24-25-26-27-28-29-30-31-32-33-34-35-36-37-38-39-40-41-42-43-44-45-46-47-48-50-52-58(62)59-56(57(61)51-49-11-9-7-2)55-66-67(63,64)65-54-53-60(3,4)5/h8,10,13-14,16-17,19-20,56-57,61H,6-7,9,11-12,15,18,21-55H2,1-5H3,(H-,59,62,63,64)/b10-8-,14-13-,17-16-,20-19-. The van der Waals surface area contributed by atoms with E-state index in [1.165, 1.54) is 167 Å². The van der Waals surface area contributed by atoms with Crippen LogP contribution in [0.3, 0.4) is 0 Å². The molecule has 0 aromatic heterocycles. The predicted molar refractivity (Wildman–Crippen MR) is 288 cm³/mol. The highest BCUT2D eigenvalue weighted by atomic mass is 31.2. The van der Waals surface area contributed by atoms with Crippen LogP contribution in [0.1, 0.15) is 264 Å². The highest BCUT2D eigenvalue weighted by Gasteiger charge is 2.24. The zero-order valence-electron chi connectivity index (χ0n) is 44.9. The molecule has 0 fully saturated rings. The summed E-state index contributed by atoms with van der Waals surface area (Å²) in [4.78, 5) is 25.1. The molecule has 0 radical (unpaired) electrons. The molecule has 3 atom stereocenters. The van der Waals surface area contributed by atoms with E-state index in [-0.39, 0.29) is 19.1 Å². The zero-order chi connectivity index (χ0) is 49.2. The Morgan fingerprint density at radius 3 is 1.31 bits per heavy atom. The lowest BCUT2D eigenvalue weighted by Gasteiger charge is -2.30. The van der Waals surface area contributed by atoms with Crippen LogP contribution in [0.15, 0.2) is 48.6 Å². The average Bonchev–Trinajstić information content (AvgIpc) is 3.29. The van der Waals surface area contributed by atoms with Gasteiger partial charge in [-0.05, 0) is 51.4 Å². The fraction of sp³-hybridized carbons (Fsp3) is 0.845. The smallest absolute Gasteiger partial charge is 0.268 e. The van der Waals surface area contributed by atoms with Gasteiger partial charge in [-0.1, -0.05) is 255 Å². The molecule has 0 saturated heterocycles. The van der Waals surface area contributed by atoms with Crippen LogP contribution >= 0.6 is 7.82 Å². The van der Waals surface area contributed by atoms with E-state index in [9.17, 15) is 19.4 Å². The number of aliphatic hydroxyl groups excluding tert-OH is 1. The van der Waals surface area contributed by atoms with Crippen LogP contribution in [0.4, 0.5) is 0 Å². The SMILES string of the molecule is CC/C=C\C/C=C\C/C=C\C/C=C\CCCCCCCCCCCCCCCCCCCCCCCCCCCCCCC(=O)NC(COP(=O)([O-])OCC[N+](C)(C)C)C(O)CCCCCC. The molecule has 0 spiro atoms. The van der Waals surface area contributed by atoms with Crippen molar-refractivity contribution in [3.8, 4) is 0 Å². The molecule has 0 aliphatic carbocycles. The number of hydrogen-bond acceptors (Lipinski definition) is 6. The molecule has 2 N–H and O–H groups in total. The fourth-order valence-corrected chi connectivity index (χ4v) is 9.11. The number of quaternary nitrogens is 1. The van der Waals surface area contributed by atoms with Gasteiger partial charge in [0.1, 0.15) is 13.2 Å². The lowest BCUT2D eigenvalue weighted by molar-refractivity contribution is -0.870. The van der Waals surface area contributed by atoms with Crippen LogP contribution in [-0.2, 0) is 18.4 Å². The minimum absolute atomic E-state index is 0.0125. The van der Waals surface area contributed by atoms with E-state index in [1.807, 2.05) is 21.1 Å². The van der Waals surface area contributed by atoms with Gasteiger partial charge in [-0.25, -0.2) is 0 Å². The van der Waals surface area contributed by atoms with E-state index < -0.39 is 20.0 Å². The Bertz CT molecular complexity index is 1230. The summed E-state index contributed by atoms with van der Waals surface area (Å²) in [7, 11) is 1.31. The maximum absolute atomic E-state index is 12.8.